The highest BCUT2D eigenvalue weighted by Crippen LogP contribution is 2.31. The van der Waals surface area contributed by atoms with Crippen molar-refractivity contribution in [2.24, 2.45) is 0 Å². The van der Waals surface area contributed by atoms with Crippen molar-refractivity contribution in [3.05, 3.63) is 76.3 Å². The average Bonchev–Trinajstić information content (AvgIpc) is 3.19. The number of ether oxygens (including phenoxy) is 1. The van der Waals surface area contributed by atoms with Crippen LogP contribution in [0, 0.1) is 0 Å². The highest BCUT2D eigenvalue weighted by Gasteiger charge is 2.13. The van der Waals surface area contributed by atoms with E-state index in [4.69, 9.17) is 9.15 Å². The second-order valence-electron chi connectivity index (χ2n) is 6.56. The van der Waals surface area contributed by atoms with Crippen LogP contribution < -0.4 is 10.1 Å². The third-order valence-electron chi connectivity index (χ3n) is 4.65. The minimum atomic E-state index is -0.182. The van der Waals surface area contributed by atoms with Gasteiger partial charge in [0.2, 0.25) is 5.89 Å². The Hall–Kier alpha value is -3.12. The fourth-order valence-corrected chi connectivity index (χ4v) is 3.59. The van der Waals surface area contributed by atoms with Crippen LogP contribution in [0.1, 0.15) is 22.8 Å². The first-order valence-electron chi connectivity index (χ1n) is 9.22. The van der Waals surface area contributed by atoms with E-state index in [9.17, 15) is 4.79 Å². The highest BCUT2D eigenvalue weighted by molar-refractivity contribution is 9.10. The van der Waals surface area contributed by atoms with Crippen molar-refractivity contribution in [1.82, 2.24) is 4.98 Å². The Kier molecular flexibility index (Phi) is 5.36. The summed E-state index contributed by atoms with van der Waals surface area (Å²) < 4.78 is 12.0. The molecule has 146 valence electrons. The van der Waals surface area contributed by atoms with E-state index in [1.165, 1.54) is 5.56 Å². The van der Waals surface area contributed by atoms with Crippen molar-refractivity contribution in [2.75, 3.05) is 12.4 Å². The number of hydrogen-bond donors (Lipinski definition) is 1. The van der Waals surface area contributed by atoms with Gasteiger partial charge in [0.25, 0.3) is 5.91 Å². The van der Waals surface area contributed by atoms with Gasteiger partial charge in [-0.1, -0.05) is 6.92 Å². The zero-order valence-corrected chi connectivity index (χ0v) is 17.6. The molecular formula is C23H19BrN2O3. The second kappa shape index (κ2) is 8.09. The maximum atomic E-state index is 12.4. The Morgan fingerprint density at radius 2 is 1.83 bits per heavy atom. The predicted octanol–water partition coefficient (Wildman–Crippen LogP) is 6.08. The topological polar surface area (TPSA) is 64.4 Å². The van der Waals surface area contributed by atoms with Crippen LogP contribution in [0.25, 0.3) is 22.6 Å². The van der Waals surface area contributed by atoms with E-state index in [0.717, 1.165) is 27.6 Å². The number of aryl methyl sites for hydroxylation is 1. The van der Waals surface area contributed by atoms with E-state index < -0.39 is 0 Å². The number of hydrogen-bond acceptors (Lipinski definition) is 4. The van der Waals surface area contributed by atoms with Crippen molar-refractivity contribution in [2.45, 2.75) is 13.3 Å². The molecule has 0 bridgehead atoms. The molecule has 3 aromatic carbocycles. The van der Waals surface area contributed by atoms with Crippen LogP contribution in [0.15, 0.2) is 69.6 Å². The molecule has 0 unspecified atom stereocenters. The van der Waals surface area contributed by atoms with Crippen LogP contribution in [0.2, 0.25) is 0 Å². The van der Waals surface area contributed by atoms with Crippen LogP contribution in [0.3, 0.4) is 0 Å². The molecule has 0 spiro atoms. The SMILES string of the molecule is CCc1cc(Br)c2oc(-c3ccc(NC(=O)c4ccc(OC)cc4)cc3)nc2c1. The maximum absolute atomic E-state index is 12.4. The molecule has 0 saturated heterocycles. The minimum Gasteiger partial charge on any atom is -0.497 e. The minimum absolute atomic E-state index is 0.182. The quantitative estimate of drug-likeness (QED) is 0.400. The first kappa shape index (κ1) is 19.2. The third-order valence-corrected chi connectivity index (χ3v) is 5.24. The van der Waals surface area contributed by atoms with Crippen molar-refractivity contribution in [1.29, 1.82) is 0 Å². The van der Waals surface area contributed by atoms with Gasteiger partial charge in [0, 0.05) is 16.8 Å². The molecule has 29 heavy (non-hydrogen) atoms. The summed E-state index contributed by atoms with van der Waals surface area (Å²) in [6.45, 7) is 2.10. The van der Waals surface area contributed by atoms with E-state index in [1.54, 1.807) is 31.4 Å². The van der Waals surface area contributed by atoms with E-state index >= 15 is 0 Å². The molecule has 1 aromatic heterocycles. The zero-order chi connectivity index (χ0) is 20.4. The summed E-state index contributed by atoms with van der Waals surface area (Å²) in [6.07, 6.45) is 0.930. The predicted molar refractivity (Wildman–Crippen MR) is 117 cm³/mol. The highest BCUT2D eigenvalue weighted by atomic mass is 79.9. The van der Waals surface area contributed by atoms with Crippen LogP contribution in [0.4, 0.5) is 5.69 Å². The Morgan fingerprint density at radius 1 is 1.10 bits per heavy atom. The number of anilines is 1. The Bertz CT molecular complexity index is 1170. The smallest absolute Gasteiger partial charge is 0.255 e. The lowest BCUT2D eigenvalue weighted by Gasteiger charge is -2.06. The van der Waals surface area contributed by atoms with Crippen molar-refractivity contribution in [3.63, 3.8) is 0 Å². The zero-order valence-electron chi connectivity index (χ0n) is 16.0. The van der Waals surface area contributed by atoms with Crippen molar-refractivity contribution in [3.8, 4) is 17.2 Å². The van der Waals surface area contributed by atoms with Crippen LogP contribution >= 0.6 is 15.9 Å². The number of methoxy groups -OCH3 is 1. The van der Waals surface area contributed by atoms with Gasteiger partial charge in [-0.25, -0.2) is 4.98 Å². The normalized spacial score (nSPS) is 10.9. The van der Waals surface area contributed by atoms with Gasteiger partial charge in [-0.3, -0.25) is 4.79 Å². The monoisotopic (exact) mass is 450 g/mol. The second-order valence-corrected chi connectivity index (χ2v) is 7.41. The number of aromatic nitrogens is 1. The van der Waals surface area contributed by atoms with E-state index in [-0.39, 0.29) is 5.91 Å². The Labute approximate surface area is 176 Å². The number of halogens is 1. The van der Waals surface area contributed by atoms with Crippen LogP contribution in [0.5, 0.6) is 5.75 Å². The van der Waals surface area contributed by atoms with Crippen molar-refractivity contribution < 1.29 is 13.9 Å². The number of rotatable bonds is 5. The molecule has 6 heteroatoms. The fourth-order valence-electron chi connectivity index (χ4n) is 3.02. The van der Waals surface area contributed by atoms with Gasteiger partial charge in [0.05, 0.1) is 11.6 Å². The molecular weight excluding hydrogens is 432 g/mol. The molecule has 4 rings (SSSR count). The molecule has 0 saturated carbocycles. The summed E-state index contributed by atoms with van der Waals surface area (Å²) >= 11 is 3.56. The largest absolute Gasteiger partial charge is 0.497 e. The number of fused-ring (bicyclic) bond motifs is 1. The summed E-state index contributed by atoms with van der Waals surface area (Å²) in [5.41, 5.74) is 4.84. The lowest BCUT2D eigenvalue weighted by atomic mass is 10.1. The van der Waals surface area contributed by atoms with Crippen molar-refractivity contribution >= 4 is 38.6 Å². The van der Waals surface area contributed by atoms with Gasteiger partial charge in [0.15, 0.2) is 5.58 Å². The molecule has 0 atom stereocenters. The number of amides is 1. The summed E-state index contributed by atoms with van der Waals surface area (Å²) in [7, 11) is 1.59. The van der Waals surface area contributed by atoms with Gasteiger partial charge in [0.1, 0.15) is 11.3 Å². The maximum Gasteiger partial charge on any atom is 0.255 e. The van der Waals surface area contributed by atoms with Gasteiger partial charge in [-0.05, 0) is 88.6 Å². The molecule has 4 aromatic rings. The standard InChI is InChI=1S/C23H19BrN2O3/c1-3-14-12-19(24)21-20(13-14)26-23(29-21)16-4-8-17(9-5-16)25-22(27)15-6-10-18(28-2)11-7-15/h4-13H,3H2,1-2H3,(H,25,27). The first-order chi connectivity index (χ1) is 14.1. The molecule has 0 aliphatic rings. The van der Waals surface area contributed by atoms with Gasteiger partial charge in [-0.15, -0.1) is 0 Å². The number of carbonyl (C=O) groups excluding carboxylic acids is 1. The molecule has 1 heterocycles. The number of carbonyl (C=O) groups is 1. The third kappa shape index (κ3) is 4.03. The number of oxazole rings is 1. The Morgan fingerprint density at radius 3 is 2.48 bits per heavy atom. The molecule has 5 nitrogen and oxygen atoms in total. The van der Waals surface area contributed by atoms with Crippen LogP contribution in [-0.2, 0) is 6.42 Å². The lowest BCUT2D eigenvalue weighted by Crippen LogP contribution is -2.11. The lowest BCUT2D eigenvalue weighted by molar-refractivity contribution is 0.102. The molecule has 0 radical (unpaired) electrons. The number of nitrogens with zero attached hydrogens (tertiary/aromatic N) is 1. The van der Waals surface area contributed by atoms with Gasteiger partial charge in [-0.2, -0.15) is 0 Å². The van der Waals surface area contributed by atoms with Gasteiger partial charge < -0.3 is 14.5 Å². The molecule has 0 aliphatic carbocycles. The molecule has 1 amide bonds. The van der Waals surface area contributed by atoms with E-state index in [1.807, 2.05) is 30.3 Å². The fraction of sp³-hybridized carbons (Fsp3) is 0.130. The van der Waals surface area contributed by atoms with E-state index in [0.29, 0.717) is 22.9 Å². The average molecular weight is 451 g/mol. The van der Waals surface area contributed by atoms with E-state index in [2.05, 4.69) is 39.2 Å². The summed E-state index contributed by atoms with van der Waals surface area (Å²) in [6, 6.07) is 18.5. The Balaban J connectivity index is 1.53. The summed E-state index contributed by atoms with van der Waals surface area (Å²) in [4.78, 5) is 17.0. The number of nitrogens with one attached hydrogen (secondary N) is 1. The van der Waals surface area contributed by atoms with Gasteiger partial charge >= 0.3 is 0 Å². The summed E-state index contributed by atoms with van der Waals surface area (Å²) in [5.74, 6) is 1.07. The molecule has 1 N–H and O–H groups in total. The number of benzene rings is 3. The summed E-state index contributed by atoms with van der Waals surface area (Å²) in [5, 5.41) is 2.89. The first-order valence-corrected chi connectivity index (χ1v) is 10.0. The molecule has 0 fully saturated rings. The van der Waals surface area contributed by atoms with Crippen LogP contribution in [-0.4, -0.2) is 18.0 Å². The molecule has 0 aliphatic heterocycles.